The van der Waals surface area contributed by atoms with Crippen molar-refractivity contribution < 1.29 is 9.53 Å². The van der Waals surface area contributed by atoms with E-state index < -0.39 is 5.97 Å². The molecule has 0 aliphatic rings. The number of hydrogen-bond acceptors (Lipinski definition) is 4. The molecule has 2 heterocycles. The second-order valence-electron chi connectivity index (χ2n) is 5.85. The van der Waals surface area contributed by atoms with E-state index in [1.54, 1.807) is 24.4 Å². The second kappa shape index (κ2) is 6.28. The number of aromatic nitrogens is 2. The van der Waals surface area contributed by atoms with E-state index in [4.69, 9.17) is 4.74 Å². The van der Waals surface area contributed by atoms with Crippen LogP contribution in [0, 0.1) is 20.8 Å². The SMILES string of the molecule is Cc1ccc(C(=O)OCc2cc(=O)n3cccc(C)c3n2)cc1C. The van der Waals surface area contributed by atoms with Gasteiger partial charge in [0, 0.05) is 12.3 Å². The van der Waals surface area contributed by atoms with Gasteiger partial charge < -0.3 is 4.74 Å². The molecule has 1 aromatic carbocycles. The lowest BCUT2D eigenvalue weighted by Gasteiger charge is -2.08. The van der Waals surface area contributed by atoms with Crippen LogP contribution in [0.5, 0.6) is 0 Å². The van der Waals surface area contributed by atoms with Gasteiger partial charge in [0.15, 0.2) is 0 Å². The summed E-state index contributed by atoms with van der Waals surface area (Å²) in [6.45, 7) is 5.78. The molecule has 0 aliphatic carbocycles. The number of aryl methyl sites for hydroxylation is 3. The lowest BCUT2D eigenvalue weighted by atomic mass is 10.1. The Morgan fingerprint density at radius 3 is 2.62 bits per heavy atom. The molecule has 0 spiro atoms. The zero-order valence-corrected chi connectivity index (χ0v) is 13.9. The summed E-state index contributed by atoms with van der Waals surface area (Å²) in [7, 11) is 0. The van der Waals surface area contributed by atoms with Crippen molar-refractivity contribution in [1.29, 1.82) is 0 Å². The minimum absolute atomic E-state index is 0.0359. The van der Waals surface area contributed by atoms with Gasteiger partial charge in [0.25, 0.3) is 5.56 Å². The van der Waals surface area contributed by atoms with E-state index in [2.05, 4.69) is 4.98 Å². The Labute approximate surface area is 139 Å². The van der Waals surface area contributed by atoms with Gasteiger partial charge in [-0.3, -0.25) is 9.20 Å². The van der Waals surface area contributed by atoms with Crippen molar-refractivity contribution in [3.8, 4) is 0 Å². The Bertz CT molecular complexity index is 990. The quantitative estimate of drug-likeness (QED) is 0.696. The zero-order valence-electron chi connectivity index (χ0n) is 13.9. The van der Waals surface area contributed by atoms with Crippen molar-refractivity contribution in [3.63, 3.8) is 0 Å². The van der Waals surface area contributed by atoms with Crippen LogP contribution in [0.4, 0.5) is 0 Å². The maximum Gasteiger partial charge on any atom is 0.338 e. The Balaban J connectivity index is 1.83. The minimum atomic E-state index is -0.426. The first-order valence-electron chi connectivity index (χ1n) is 7.68. The molecule has 0 saturated heterocycles. The van der Waals surface area contributed by atoms with Crippen LogP contribution in [0.1, 0.15) is 32.7 Å². The van der Waals surface area contributed by atoms with Crippen LogP contribution in [0.15, 0.2) is 47.4 Å². The zero-order chi connectivity index (χ0) is 17.3. The second-order valence-corrected chi connectivity index (χ2v) is 5.85. The van der Waals surface area contributed by atoms with Gasteiger partial charge in [-0.1, -0.05) is 12.1 Å². The van der Waals surface area contributed by atoms with Crippen LogP contribution >= 0.6 is 0 Å². The molecule has 122 valence electrons. The number of benzene rings is 1. The lowest BCUT2D eigenvalue weighted by molar-refractivity contribution is 0.0467. The Kier molecular flexibility index (Phi) is 4.16. The number of rotatable bonds is 3. The van der Waals surface area contributed by atoms with Crippen LogP contribution in [0.3, 0.4) is 0 Å². The van der Waals surface area contributed by atoms with Gasteiger partial charge >= 0.3 is 5.97 Å². The maximum atomic E-state index is 12.2. The molecule has 5 heteroatoms. The van der Waals surface area contributed by atoms with Gasteiger partial charge in [-0.25, -0.2) is 9.78 Å². The first-order chi connectivity index (χ1) is 11.5. The number of esters is 1. The highest BCUT2D eigenvalue weighted by atomic mass is 16.5. The topological polar surface area (TPSA) is 60.7 Å². The van der Waals surface area contributed by atoms with Crippen LogP contribution < -0.4 is 5.56 Å². The predicted octanol–water partition coefficient (Wildman–Crippen LogP) is 2.98. The van der Waals surface area contributed by atoms with Gasteiger partial charge in [-0.05, 0) is 55.7 Å². The summed E-state index contributed by atoms with van der Waals surface area (Å²) < 4.78 is 6.78. The van der Waals surface area contributed by atoms with Gasteiger partial charge in [-0.15, -0.1) is 0 Å². The third kappa shape index (κ3) is 3.06. The number of carbonyl (C=O) groups is 1. The van der Waals surface area contributed by atoms with E-state index in [-0.39, 0.29) is 12.2 Å². The summed E-state index contributed by atoms with van der Waals surface area (Å²) in [6, 6.07) is 10.5. The van der Waals surface area contributed by atoms with Crippen molar-refractivity contribution in [1.82, 2.24) is 9.38 Å². The highest BCUT2D eigenvalue weighted by Crippen LogP contribution is 2.12. The molecular weight excluding hydrogens is 304 g/mol. The van der Waals surface area contributed by atoms with E-state index in [1.807, 2.05) is 32.9 Å². The maximum absolute atomic E-state index is 12.2. The smallest absolute Gasteiger partial charge is 0.338 e. The number of ether oxygens (including phenoxy) is 1. The number of nitrogens with zero attached hydrogens (tertiary/aromatic N) is 2. The molecule has 3 aromatic rings. The first-order valence-corrected chi connectivity index (χ1v) is 7.68. The van der Waals surface area contributed by atoms with E-state index in [0.717, 1.165) is 16.7 Å². The van der Waals surface area contributed by atoms with Crippen molar-refractivity contribution >= 4 is 11.6 Å². The summed E-state index contributed by atoms with van der Waals surface area (Å²) >= 11 is 0. The van der Waals surface area contributed by atoms with Gasteiger partial charge in [0.1, 0.15) is 12.3 Å². The fourth-order valence-corrected chi connectivity index (χ4v) is 2.47. The van der Waals surface area contributed by atoms with Crippen LogP contribution in [0.25, 0.3) is 5.65 Å². The van der Waals surface area contributed by atoms with Crippen molar-refractivity contribution in [2.75, 3.05) is 0 Å². The molecule has 0 aliphatic heterocycles. The molecule has 24 heavy (non-hydrogen) atoms. The average molecular weight is 322 g/mol. The summed E-state index contributed by atoms with van der Waals surface area (Å²) in [6.07, 6.45) is 1.67. The van der Waals surface area contributed by atoms with E-state index in [1.165, 1.54) is 10.5 Å². The van der Waals surface area contributed by atoms with Gasteiger partial charge in [-0.2, -0.15) is 0 Å². The van der Waals surface area contributed by atoms with E-state index in [9.17, 15) is 9.59 Å². The number of hydrogen-bond donors (Lipinski definition) is 0. The van der Waals surface area contributed by atoms with Crippen LogP contribution in [0.2, 0.25) is 0 Å². The molecule has 0 saturated carbocycles. The molecule has 0 atom stereocenters. The molecule has 0 radical (unpaired) electrons. The first kappa shape index (κ1) is 15.9. The highest BCUT2D eigenvalue weighted by Gasteiger charge is 2.10. The summed E-state index contributed by atoms with van der Waals surface area (Å²) in [5, 5.41) is 0. The van der Waals surface area contributed by atoms with Crippen molar-refractivity contribution in [3.05, 3.63) is 80.9 Å². The molecule has 5 nitrogen and oxygen atoms in total. The summed E-state index contributed by atoms with van der Waals surface area (Å²) in [5.74, 6) is -0.426. The van der Waals surface area contributed by atoms with E-state index in [0.29, 0.717) is 16.9 Å². The number of carbonyl (C=O) groups excluding carboxylic acids is 1. The minimum Gasteiger partial charge on any atom is -0.456 e. The Hall–Kier alpha value is -2.95. The molecule has 0 N–H and O–H groups in total. The molecule has 0 unspecified atom stereocenters. The molecular formula is C19H18N2O3. The molecule has 0 fully saturated rings. The largest absolute Gasteiger partial charge is 0.456 e. The van der Waals surface area contributed by atoms with Gasteiger partial charge in [0.2, 0.25) is 0 Å². The lowest BCUT2D eigenvalue weighted by Crippen LogP contribution is -2.17. The standard InChI is InChI=1S/C19H18N2O3/c1-12-6-7-15(9-14(12)3)19(23)24-11-16-10-17(22)21-8-4-5-13(2)18(21)20-16/h4-10H,11H2,1-3H3. The fraction of sp³-hybridized carbons (Fsp3) is 0.211. The van der Waals surface area contributed by atoms with Crippen LogP contribution in [-0.2, 0) is 11.3 Å². The highest BCUT2D eigenvalue weighted by molar-refractivity contribution is 5.89. The number of fused-ring (bicyclic) bond motifs is 1. The normalized spacial score (nSPS) is 10.8. The van der Waals surface area contributed by atoms with Crippen LogP contribution in [-0.4, -0.2) is 15.4 Å². The summed E-state index contributed by atoms with van der Waals surface area (Å²) in [4.78, 5) is 28.7. The average Bonchev–Trinajstić information content (AvgIpc) is 2.56. The third-order valence-electron chi connectivity index (χ3n) is 4.03. The molecule has 0 bridgehead atoms. The monoisotopic (exact) mass is 322 g/mol. The molecule has 3 rings (SSSR count). The van der Waals surface area contributed by atoms with Crippen molar-refractivity contribution in [2.45, 2.75) is 27.4 Å². The Morgan fingerprint density at radius 1 is 1.08 bits per heavy atom. The van der Waals surface area contributed by atoms with Gasteiger partial charge in [0.05, 0.1) is 11.3 Å². The molecule has 0 amide bonds. The molecule has 2 aromatic heterocycles. The number of pyridine rings is 1. The fourth-order valence-electron chi connectivity index (χ4n) is 2.47. The van der Waals surface area contributed by atoms with E-state index >= 15 is 0 Å². The van der Waals surface area contributed by atoms with Crippen molar-refractivity contribution in [2.24, 2.45) is 0 Å². The summed E-state index contributed by atoms with van der Waals surface area (Å²) in [5.41, 5.74) is 4.34. The third-order valence-corrected chi connectivity index (χ3v) is 4.03. The predicted molar refractivity (Wildman–Crippen MR) is 91.2 cm³/mol. The Morgan fingerprint density at radius 2 is 1.88 bits per heavy atom.